The molecule has 0 aliphatic heterocycles. The fraction of sp³-hybridized carbons (Fsp3) is 0.273. The lowest BCUT2D eigenvalue weighted by Crippen LogP contribution is -2.14. The molecule has 0 aliphatic carbocycles. The second-order valence-corrected chi connectivity index (χ2v) is 4.01. The second-order valence-electron chi connectivity index (χ2n) is 4.01. The van der Waals surface area contributed by atoms with E-state index < -0.39 is 0 Å². The summed E-state index contributed by atoms with van der Waals surface area (Å²) in [5, 5.41) is 11.6. The van der Waals surface area contributed by atoms with Gasteiger partial charge in [0.25, 0.3) is 0 Å². The summed E-state index contributed by atoms with van der Waals surface area (Å²) in [5.74, 6) is 0.898. The Hall–Kier alpha value is -2.24. The lowest BCUT2D eigenvalue weighted by atomic mass is 10.1. The van der Waals surface area contributed by atoms with Gasteiger partial charge >= 0.3 is 0 Å². The van der Waals surface area contributed by atoms with Gasteiger partial charge in [-0.1, -0.05) is 13.8 Å². The minimum Gasteiger partial charge on any atom is -0.382 e. The molecule has 0 radical (unpaired) electrons. The van der Waals surface area contributed by atoms with E-state index in [-0.39, 0.29) is 5.84 Å². The second kappa shape index (κ2) is 4.32. The Labute approximate surface area is 99.0 Å². The van der Waals surface area contributed by atoms with Gasteiger partial charge in [0.2, 0.25) is 0 Å². The summed E-state index contributed by atoms with van der Waals surface area (Å²) in [6.07, 6.45) is 4.86. The molecule has 6 nitrogen and oxygen atoms in total. The fourth-order valence-electron chi connectivity index (χ4n) is 1.35. The van der Waals surface area contributed by atoms with Gasteiger partial charge in [-0.15, -0.1) is 0 Å². The number of nitrogens with zero attached hydrogens (tertiary/aromatic N) is 4. The zero-order valence-electron chi connectivity index (χ0n) is 9.75. The van der Waals surface area contributed by atoms with Gasteiger partial charge in [0.05, 0.1) is 18.1 Å². The first-order valence-corrected chi connectivity index (χ1v) is 5.30. The molecule has 0 aliphatic rings. The molecule has 88 valence electrons. The molecule has 2 aromatic heterocycles. The predicted molar refractivity (Wildman–Crippen MR) is 64.3 cm³/mol. The van der Waals surface area contributed by atoms with Crippen LogP contribution in [-0.2, 0) is 0 Å². The number of aromatic nitrogens is 4. The van der Waals surface area contributed by atoms with E-state index >= 15 is 0 Å². The van der Waals surface area contributed by atoms with Crippen LogP contribution in [0, 0.1) is 5.41 Å². The number of nitrogens with one attached hydrogen (secondary N) is 1. The van der Waals surface area contributed by atoms with E-state index in [1.165, 1.54) is 6.20 Å². The fourth-order valence-corrected chi connectivity index (χ4v) is 1.35. The standard InChI is InChI=1S/C11H14N6/c1-7(2)8-3-4-17(16-8)10-6-14-9(5-15-10)11(12)13/h3-7H,1-2H3,(H3,12,13). The molecule has 0 saturated carbocycles. The lowest BCUT2D eigenvalue weighted by molar-refractivity contribution is 0.754. The average molecular weight is 230 g/mol. The average Bonchev–Trinajstić information content (AvgIpc) is 2.78. The van der Waals surface area contributed by atoms with Crippen LogP contribution in [0.25, 0.3) is 5.82 Å². The van der Waals surface area contributed by atoms with E-state index in [0.29, 0.717) is 17.4 Å². The topological polar surface area (TPSA) is 93.5 Å². The molecular weight excluding hydrogens is 216 g/mol. The van der Waals surface area contributed by atoms with Crippen LogP contribution in [0.5, 0.6) is 0 Å². The van der Waals surface area contributed by atoms with Gasteiger partial charge < -0.3 is 5.73 Å². The first-order valence-electron chi connectivity index (χ1n) is 5.30. The molecule has 6 heteroatoms. The smallest absolute Gasteiger partial charge is 0.171 e. The number of nitrogens with two attached hydrogens (primary N) is 1. The third-order valence-corrected chi connectivity index (χ3v) is 2.35. The summed E-state index contributed by atoms with van der Waals surface area (Å²) in [4.78, 5) is 8.20. The van der Waals surface area contributed by atoms with Gasteiger partial charge in [-0.2, -0.15) is 5.10 Å². The Kier molecular flexibility index (Phi) is 2.86. The summed E-state index contributed by atoms with van der Waals surface area (Å²) in [7, 11) is 0. The highest BCUT2D eigenvalue weighted by molar-refractivity contribution is 5.92. The van der Waals surface area contributed by atoms with Gasteiger partial charge in [0.1, 0.15) is 11.5 Å². The summed E-state index contributed by atoms with van der Waals surface area (Å²) in [5.41, 5.74) is 6.67. The Bertz CT molecular complexity index is 525. The molecule has 0 unspecified atom stereocenters. The zero-order valence-corrected chi connectivity index (χ0v) is 9.75. The molecule has 2 rings (SSSR count). The van der Waals surface area contributed by atoms with Crippen LogP contribution in [0.3, 0.4) is 0 Å². The summed E-state index contributed by atoms with van der Waals surface area (Å²) < 4.78 is 1.66. The Morgan fingerprint density at radius 2 is 2.12 bits per heavy atom. The Morgan fingerprint density at radius 1 is 1.35 bits per heavy atom. The van der Waals surface area contributed by atoms with Crippen molar-refractivity contribution in [2.24, 2.45) is 5.73 Å². The van der Waals surface area contributed by atoms with Crippen LogP contribution >= 0.6 is 0 Å². The third-order valence-electron chi connectivity index (χ3n) is 2.35. The molecule has 0 aromatic carbocycles. The highest BCUT2D eigenvalue weighted by Gasteiger charge is 2.06. The number of hydrogen-bond donors (Lipinski definition) is 2. The molecule has 0 spiro atoms. The maximum absolute atomic E-state index is 7.22. The van der Waals surface area contributed by atoms with Crippen molar-refractivity contribution in [3.8, 4) is 5.82 Å². The Balaban J connectivity index is 2.30. The van der Waals surface area contributed by atoms with Gasteiger partial charge in [-0.25, -0.2) is 14.6 Å². The zero-order chi connectivity index (χ0) is 12.4. The van der Waals surface area contributed by atoms with E-state index in [1.807, 2.05) is 12.3 Å². The molecule has 0 atom stereocenters. The SMILES string of the molecule is CC(C)c1ccn(-c2cnc(C(=N)N)cn2)n1. The highest BCUT2D eigenvalue weighted by atomic mass is 15.3. The number of nitrogen functional groups attached to an aromatic ring is 1. The molecule has 2 heterocycles. The van der Waals surface area contributed by atoms with Crippen molar-refractivity contribution in [2.45, 2.75) is 19.8 Å². The summed E-state index contributed by atoms with van der Waals surface area (Å²) in [6.45, 7) is 4.16. The quantitative estimate of drug-likeness (QED) is 0.609. The van der Waals surface area contributed by atoms with Gasteiger partial charge in [0.15, 0.2) is 5.82 Å². The normalized spacial score (nSPS) is 10.8. The van der Waals surface area contributed by atoms with Crippen molar-refractivity contribution in [3.63, 3.8) is 0 Å². The first kappa shape index (κ1) is 11.3. The molecule has 0 saturated heterocycles. The molecule has 0 fully saturated rings. The van der Waals surface area contributed by atoms with E-state index in [9.17, 15) is 0 Å². The van der Waals surface area contributed by atoms with Gasteiger partial charge in [-0.05, 0) is 12.0 Å². The monoisotopic (exact) mass is 230 g/mol. The van der Waals surface area contributed by atoms with Crippen LogP contribution < -0.4 is 5.73 Å². The molecule has 0 bridgehead atoms. The van der Waals surface area contributed by atoms with Crippen LogP contribution in [0.1, 0.15) is 31.2 Å². The van der Waals surface area contributed by atoms with E-state index in [4.69, 9.17) is 11.1 Å². The maximum atomic E-state index is 7.22. The summed E-state index contributed by atoms with van der Waals surface area (Å²) in [6, 6.07) is 1.95. The van der Waals surface area contributed by atoms with Crippen molar-refractivity contribution in [1.82, 2.24) is 19.7 Å². The van der Waals surface area contributed by atoms with Crippen molar-refractivity contribution in [3.05, 3.63) is 36.0 Å². The van der Waals surface area contributed by atoms with Crippen molar-refractivity contribution < 1.29 is 0 Å². The minimum absolute atomic E-state index is 0.0904. The van der Waals surface area contributed by atoms with Crippen molar-refractivity contribution in [2.75, 3.05) is 0 Å². The molecule has 3 N–H and O–H groups in total. The van der Waals surface area contributed by atoms with Crippen molar-refractivity contribution in [1.29, 1.82) is 5.41 Å². The van der Waals surface area contributed by atoms with Gasteiger partial charge in [-0.3, -0.25) is 5.41 Å². The van der Waals surface area contributed by atoms with Crippen LogP contribution in [0.2, 0.25) is 0 Å². The predicted octanol–water partition coefficient (Wildman–Crippen LogP) is 1.07. The minimum atomic E-state index is -0.0904. The maximum Gasteiger partial charge on any atom is 0.171 e. The van der Waals surface area contributed by atoms with E-state index in [1.54, 1.807) is 10.9 Å². The lowest BCUT2D eigenvalue weighted by Gasteiger charge is -2.02. The van der Waals surface area contributed by atoms with Crippen LogP contribution in [0.15, 0.2) is 24.7 Å². The molecule has 0 amide bonds. The van der Waals surface area contributed by atoms with E-state index in [2.05, 4.69) is 28.9 Å². The van der Waals surface area contributed by atoms with Gasteiger partial charge in [0, 0.05) is 6.20 Å². The van der Waals surface area contributed by atoms with Crippen molar-refractivity contribution >= 4 is 5.84 Å². The van der Waals surface area contributed by atoms with Crippen LogP contribution in [-0.4, -0.2) is 25.6 Å². The number of amidine groups is 1. The first-order chi connectivity index (χ1) is 8.08. The van der Waals surface area contributed by atoms with E-state index in [0.717, 1.165) is 5.69 Å². The Morgan fingerprint density at radius 3 is 2.59 bits per heavy atom. The third kappa shape index (κ3) is 2.30. The largest absolute Gasteiger partial charge is 0.382 e. The van der Waals surface area contributed by atoms with Crippen LogP contribution in [0.4, 0.5) is 0 Å². The highest BCUT2D eigenvalue weighted by Crippen LogP contribution is 2.12. The molecule has 17 heavy (non-hydrogen) atoms. The molecular formula is C11H14N6. The number of hydrogen-bond acceptors (Lipinski definition) is 4. The molecule has 2 aromatic rings. The number of rotatable bonds is 3. The summed E-state index contributed by atoms with van der Waals surface area (Å²) >= 11 is 0.